The van der Waals surface area contributed by atoms with E-state index in [1.807, 2.05) is 0 Å². The highest BCUT2D eigenvalue weighted by atomic mass is 19.1. The SMILES string of the molecule is Cc1cc(=O)c(C(=O)Nc2ccc(-n3cncn3)cc2)nn1-c1ccccc1F. The summed E-state index contributed by atoms with van der Waals surface area (Å²) in [6.45, 7) is 1.62. The zero-order chi connectivity index (χ0) is 20.4. The van der Waals surface area contributed by atoms with Gasteiger partial charge in [0.2, 0.25) is 5.43 Å². The average molecular weight is 390 g/mol. The molecule has 4 aromatic rings. The maximum absolute atomic E-state index is 14.1. The summed E-state index contributed by atoms with van der Waals surface area (Å²) >= 11 is 0. The summed E-state index contributed by atoms with van der Waals surface area (Å²) in [6.07, 6.45) is 2.97. The van der Waals surface area contributed by atoms with Crippen molar-refractivity contribution in [2.45, 2.75) is 6.92 Å². The molecule has 0 fully saturated rings. The number of amides is 1. The van der Waals surface area contributed by atoms with Crippen LogP contribution in [0.2, 0.25) is 0 Å². The van der Waals surface area contributed by atoms with Crippen molar-refractivity contribution < 1.29 is 9.18 Å². The van der Waals surface area contributed by atoms with Crippen molar-refractivity contribution in [1.29, 1.82) is 0 Å². The summed E-state index contributed by atoms with van der Waals surface area (Å²) in [5.41, 5.74) is 0.907. The fourth-order valence-electron chi connectivity index (χ4n) is 2.80. The lowest BCUT2D eigenvalue weighted by atomic mass is 10.2. The van der Waals surface area contributed by atoms with Crippen LogP contribution < -0.4 is 10.7 Å². The first kappa shape index (κ1) is 18.2. The number of halogens is 1. The van der Waals surface area contributed by atoms with Gasteiger partial charge in [-0.2, -0.15) is 10.2 Å². The first-order valence-electron chi connectivity index (χ1n) is 8.65. The predicted molar refractivity (Wildman–Crippen MR) is 104 cm³/mol. The molecule has 2 heterocycles. The summed E-state index contributed by atoms with van der Waals surface area (Å²) in [5, 5.41) is 10.7. The number of benzene rings is 2. The number of nitrogens with zero attached hydrogens (tertiary/aromatic N) is 5. The number of rotatable bonds is 4. The molecule has 2 aromatic carbocycles. The van der Waals surface area contributed by atoms with Crippen molar-refractivity contribution >= 4 is 11.6 Å². The number of aryl methyl sites for hydroxylation is 1. The lowest BCUT2D eigenvalue weighted by Crippen LogP contribution is -2.27. The number of hydrogen-bond acceptors (Lipinski definition) is 5. The van der Waals surface area contributed by atoms with Gasteiger partial charge in [-0.25, -0.2) is 18.7 Å². The van der Waals surface area contributed by atoms with Crippen LogP contribution in [0.15, 0.2) is 72.0 Å². The Bertz CT molecular complexity index is 1230. The Morgan fingerprint density at radius 3 is 2.55 bits per heavy atom. The largest absolute Gasteiger partial charge is 0.320 e. The van der Waals surface area contributed by atoms with Crippen LogP contribution in [0, 0.1) is 12.7 Å². The van der Waals surface area contributed by atoms with Crippen molar-refractivity contribution in [1.82, 2.24) is 24.5 Å². The van der Waals surface area contributed by atoms with E-state index in [-0.39, 0.29) is 11.4 Å². The second kappa shape index (κ2) is 7.47. The molecule has 0 aliphatic rings. The molecular weight excluding hydrogens is 375 g/mol. The second-order valence-electron chi connectivity index (χ2n) is 6.20. The third-order valence-corrected chi connectivity index (χ3v) is 4.21. The molecule has 0 spiro atoms. The quantitative estimate of drug-likeness (QED) is 0.578. The van der Waals surface area contributed by atoms with Gasteiger partial charge < -0.3 is 5.32 Å². The van der Waals surface area contributed by atoms with Gasteiger partial charge in [0.25, 0.3) is 5.91 Å². The van der Waals surface area contributed by atoms with E-state index in [1.165, 1.54) is 29.2 Å². The van der Waals surface area contributed by atoms with Gasteiger partial charge in [-0.3, -0.25) is 9.59 Å². The van der Waals surface area contributed by atoms with Gasteiger partial charge in [0.05, 0.1) is 5.69 Å². The molecule has 0 atom stereocenters. The van der Waals surface area contributed by atoms with Crippen LogP contribution in [-0.4, -0.2) is 30.5 Å². The van der Waals surface area contributed by atoms with Gasteiger partial charge in [0.1, 0.15) is 24.2 Å². The fourth-order valence-corrected chi connectivity index (χ4v) is 2.80. The van der Waals surface area contributed by atoms with Crippen molar-refractivity contribution in [2.75, 3.05) is 5.32 Å². The van der Waals surface area contributed by atoms with E-state index in [2.05, 4.69) is 20.5 Å². The monoisotopic (exact) mass is 390 g/mol. The van der Waals surface area contributed by atoms with Crippen LogP contribution in [0.5, 0.6) is 0 Å². The standard InChI is InChI=1S/C20H15FN6O2/c1-13-10-18(28)19(25-27(13)17-5-3-2-4-16(17)21)20(29)24-14-6-8-15(9-7-14)26-12-22-11-23-26/h2-12H,1H3,(H,24,29). The van der Waals surface area contributed by atoms with Crippen molar-refractivity contribution in [3.05, 3.63) is 94.7 Å². The molecule has 9 heteroatoms. The molecule has 0 unspecified atom stereocenters. The van der Waals surface area contributed by atoms with E-state index in [4.69, 9.17) is 0 Å². The van der Waals surface area contributed by atoms with E-state index in [0.717, 1.165) is 5.69 Å². The van der Waals surface area contributed by atoms with E-state index in [0.29, 0.717) is 11.4 Å². The van der Waals surface area contributed by atoms with E-state index < -0.39 is 17.2 Å². The predicted octanol–water partition coefficient (Wildman–Crippen LogP) is 2.51. The molecule has 4 rings (SSSR count). The molecule has 8 nitrogen and oxygen atoms in total. The molecule has 144 valence electrons. The smallest absolute Gasteiger partial charge is 0.280 e. The topological polar surface area (TPSA) is 94.7 Å². The first-order valence-corrected chi connectivity index (χ1v) is 8.65. The Labute approximate surface area is 164 Å². The minimum absolute atomic E-state index is 0.149. The zero-order valence-electron chi connectivity index (χ0n) is 15.3. The fraction of sp³-hybridized carbons (Fsp3) is 0.0500. The first-order chi connectivity index (χ1) is 14.0. The van der Waals surface area contributed by atoms with Gasteiger partial charge in [0, 0.05) is 17.4 Å². The molecular formula is C20H15FN6O2. The molecule has 0 saturated heterocycles. The molecule has 1 N–H and O–H groups in total. The van der Waals surface area contributed by atoms with Gasteiger partial charge in [-0.15, -0.1) is 0 Å². The highest BCUT2D eigenvalue weighted by molar-refractivity contribution is 6.02. The normalized spacial score (nSPS) is 10.7. The van der Waals surface area contributed by atoms with E-state index in [1.54, 1.807) is 54.3 Å². The summed E-state index contributed by atoms with van der Waals surface area (Å²) in [5.74, 6) is -1.20. The van der Waals surface area contributed by atoms with Crippen LogP contribution in [0.25, 0.3) is 11.4 Å². The third-order valence-electron chi connectivity index (χ3n) is 4.21. The Morgan fingerprint density at radius 2 is 1.86 bits per heavy atom. The lowest BCUT2D eigenvalue weighted by molar-refractivity contribution is 0.101. The van der Waals surface area contributed by atoms with Gasteiger partial charge in [-0.05, 0) is 43.3 Å². The summed E-state index contributed by atoms with van der Waals surface area (Å²) in [7, 11) is 0. The van der Waals surface area contributed by atoms with E-state index in [9.17, 15) is 14.0 Å². The lowest BCUT2D eigenvalue weighted by Gasteiger charge is -2.12. The number of nitrogens with one attached hydrogen (secondary N) is 1. The maximum Gasteiger partial charge on any atom is 0.280 e. The molecule has 0 aliphatic carbocycles. The van der Waals surface area contributed by atoms with Gasteiger partial charge in [0.15, 0.2) is 5.69 Å². The van der Waals surface area contributed by atoms with Crippen molar-refractivity contribution in [3.63, 3.8) is 0 Å². The molecule has 0 radical (unpaired) electrons. The van der Waals surface area contributed by atoms with Gasteiger partial charge in [-0.1, -0.05) is 12.1 Å². The molecule has 0 bridgehead atoms. The van der Waals surface area contributed by atoms with Crippen LogP contribution in [0.4, 0.5) is 10.1 Å². The molecule has 1 amide bonds. The Morgan fingerprint density at radius 1 is 1.10 bits per heavy atom. The van der Waals surface area contributed by atoms with Gasteiger partial charge >= 0.3 is 0 Å². The second-order valence-corrected chi connectivity index (χ2v) is 6.20. The van der Waals surface area contributed by atoms with Crippen molar-refractivity contribution in [2.24, 2.45) is 0 Å². The number of anilines is 1. The summed E-state index contributed by atoms with van der Waals surface area (Å²) < 4.78 is 16.9. The molecule has 2 aromatic heterocycles. The highest BCUT2D eigenvalue weighted by Crippen LogP contribution is 2.15. The van der Waals surface area contributed by atoms with Crippen LogP contribution >= 0.6 is 0 Å². The van der Waals surface area contributed by atoms with Crippen LogP contribution in [0.3, 0.4) is 0 Å². The maximum atomic E-state index is 14.1. The van der Waals surface area contributed by atoms with Crippen LogP contribution in [0.1, 0.15) is 16.2 Å². The number of para-hydroxylation sites is 1. The third kappa shape index (κ3) is 3.65. The minimum Gasteiger partial charge on any atom is -0.320 e. The summed E-state index contributed by atoms with van der Waals surface area (Å²) in [6, 6.07) is 14.1. The highest BCUT2D eigenvalue weighted by Gasteiger charge is 2.17. The number of carbonyl (C=O) groups excluding carboxylic acids is 1. The minimum atomic E-state index is -0.686. The van der Waals surface area contributed by atoms with Crippen molar-refractivity contribution in [3.8, 4) is 11.4 Å². The Kier molecular flexibility index (Phi) is 4.70. The Hall–Kier alpha value is -4.14. The number of carbonyl (C=O) groups is 1. The zero-order valence-corrected chi connectivity index (χ0v) is 15.3. The number of aromatic nitrogens is 5. The van der Waals surface area contributed by atoms with Crippen LogP contribution in [-0.2, 0) is 0 Å². The molecule has 29 heavy (non-hydrogen) atoms. The summed E-state index contributed by atoms with van der Waals surface area (Å²) in [4.78, 5) is 28.8. The molecule has 0 saturated carbocycles. The molecule has 0 aliphatic heterocycles. The van der Waals surface area contributed by atoms with E-state index >= 15 is 0 Å². The Balaban J connectivity index is 1.63. The number of hydrogen-bond donors (Lipinski definition) is 1. The average Bonchev–Trinajstić information content (AvgIpc) is 3.24.